The van der Waals surface area contributed by atoms with Crippen molar-refractivity contribution in [2.45, 2.75) is 19.9 Å². The fourth-order valence-electron chi connectivity index (χ4n) is 1.18. The maximum atomic E-state index is 3.42. The molecule has 2 nitrogen and oxygen atoms in total. The van der Waals surface area contributed by atoms with E-state index in [2.05, 4.69) is 29.7 Å². The van der Waals surface area contributed by atoms with Gasteiger partial charge in [0.05, 0.1) is 0 Å². The van der Waals surface area contributed by atoms with Crippen molar-refractivity contribution in [2.24, 2.45) is 0 Å². The number of hydrogen-bond acceptors (Lipinski definition) is 3. The van der Waals surface area contributed by atoms with Gasteiger partial charge >= 0.3 is 0 Å². The highest BCUT2D eigenvalue weighted by atomic mass is 35.5. The van der Waals surface area contributed by atoms with Crippen molar-refractivity contribution in [3.05, 3.63) is 21.9 Å². The second kappa shape index (κ2) is 10.7. The predicted octanol–water partition coefficient (Wildman–Crippen LogP) is 2.60. The van der Waals surface area contributed by atoms with E-state index in [-0.39, 0.29) is 24.8 Å². The van der Waals surface area contributed by atoms with Crippen LogP contribution in [0.5, 0.6) is 0 Å². The first-order chi connectivity index (χ1) is 6.33. The minimum absolute atomic E-state index is 0. The molecule has 0 saturated heterocycles. The largest absolute Gasteiger partial charge is 0.320 e. The van der Waals surface area contributed by atoms with E-state index in [1.165, 1.54) is 16.2 Å². The summed E-state index contributed by atoms with van der Waals surface area (Å²) in [5.74, 6) is 0. The number of halogens is 2. The third-order valence-electron chi connectivity index (χ3n) is 1.88. The van der Waals surface area contributed by atoms with Crippen LogP contribution in [0.3, 0.4) is 0 Å². The van der Waals surface area contributed by atoms with Crippen molar-refractivity contribution >= 4 is 36.2 Å². The molecule has 0 aliphatic heterocycles. The Hall–Kier alpha value is 0.200. The average molecular weight is 271 g/mol. The molecule has 90 valence electrons. The van der Waals surface area contributed by atoms with Crippen molar-refractivity contribution in [3.63, 3.8) is 0 Å². The van der Waals surface area contributed by atoms with Gasteiger partial charge in [0.25, 0.3) is 0 Å². The number of thiophene rings is 1. The van der Waals surface area contributed by atoms with Gasteiger partial charge in [-0.1, -0.05) is 0 Å². The number of aryl methyl sites for hydroxylation is 1. The lowest BCUT2D eigenvalue weighted by Gasteiger charge is -2.01. The molecule has 0 fully saturated rings. The number of hydrogen-bond donors (Lipinski definition) is 2. The molecule has 0 atom stereocenters. The molecule has 0 saturated carbocycles. The molecule has 0 aliphatic carbocycles. The van der Waals surface area contributed by atoms with Crippen LogP contribution in [0.15, 0.2) is 12.1 Å². The molecule has 1 rings (SSSR count). The molecule has 0 amide bonds. The first-order valence-electron chi connectivity index (χ1n) is 4.73. The SMILES string of the molecule is CNCCCNCc1ccc(C)s1.Cl.Cl. The van der Waals surface area contributed by atoms with Gasteiger partial charge in [-0.15, -0.1) is 36.2 Å². The van der Waals surface area contributed by atoms with Crippen LogP contribution in [0.2, 0.25) is 0 Å². The Labute approximate surface area is 109 Å². The van der Waals surface area contributed by atoms with Crippen LogP contribution in [0.4, 0.5) is 0 Å². The zero-order valence-corrected chi connectivity index (χ0v) is 11.7. The quantitative estimate of drug-likeness (QED) is 0.777. The van der Waals surface area contributed by atoms with Crippen molar-refractivity contribution in [3.8, 4) is 0 Å². The summed E-state index contributed by atoms with van der Waals surface area (Å²) in [6.07, 6.45) is 1.20. The fourth-order valence-corrected chi connectivity index (χ4v) is 2.04. The zero-order valence-electron chi connectivity index (χ0n) is 9.21. The summed E-state index contributed by atoms with van der Waals surface area (Å²) >= 11 is 1.87. The van der Waals surface area contributed by atoms with E-state index < -0.39 is 0 Å². The van der Waals surface area contributed by atoms with E-state index in [0.29, 0.717) is 0 Å². The minimum Gasteiger partial charge on any atom is -0.320 e. The highest BCUT2D eigenvalue weighted by Crippen LogP contribution is 2.14. The number of rotatable bonds is 6. The fraction of sp³-hybridized carbons (Fsp3) is 0.600. The topological polar surface area (TPSA) is 24.1 Å². The predicted molar refractivity (Wildman–Crippen MR) is 73.8 cm³/mol. The summed E-state index contributed by atoms with van der Waals surface area (Å²) in [5.41, 5.74) is 0. The summed E-state index contributed by atoms with van der Waals surface area (Å²) in [4.78, 5) is 2.83. The lowest BCUT2D eigenvalue weighted by Crippen LogP contribution is -2.18. The maximum absolute atomic E-state index is 3.42. The monoisotopic (exact) mass is 270 g/mol. The second-order valence-electron chi connectivity index (χ2n) is 3.15. The third kappa shape index (κ3) is 8.05. The van der Waals surface area contributed by atoms with Gasteiger partial charge in [0.2, 0.25) is 0 Å². The standard InChI is InChI=1S/C10H18N2S.2ClH/c1-9-4-5-10(13-9)8-12-7-3-6-11-2;;/h4-5,11-12H,3,6-8H2,1-2H3;2*1H. The van der Waals surface area contributed by atoms with Crippen LogP contribution in [-0.4, -0.2) is 20.1 Å². The summed E-state index contributed by atoms with van der Waals surface area (Å²) in [6.45, 7) is 5.35. The van der Waals surface area contributed by atoms with Gasteiger partial charge in [0.1, 0.15) is 0 Å². The van der Waals surface area contributed by atoms with E-state index in [1.54, 1.807) is 0 Å². The highest BCUT2D eigenvalue weighted by Gasteiger charge is 1.94. The van der Waals surface area contributed by atoms with E-state index in [4.69, 9.17) is 0 Å². The van der Waals surface area contributed by atoms with Gasteiger partial charge in [-0.05, 0) is 45.6 Å². The summed E-state index contributed by atoms with van der Waals surface area (Å²) in [5, 5.41) is 6.55. The van der Waals surface area contributed by atoms with Crippen LogP contribution >= 0.6 is 36.2 Å². The molecular formula is C10H20Cl2N2S. The van der Waals surface area contributed by atoms with Crippen LogP contribution in [0.1, 0.15) is 16.2 Å². The van der Waals surface area contributed by atoms with Gasteiger partial charge in [-0.2, -0.15) is 0 Å². The van der Waals surface area contributed by atoms with Gasteiger partial charge in [0, 0.05) is 16.3 Å². The van der Waals surface area contributed by atoms with Crippen LogP contribution < -0.4 is 10.6 Å². The molecule has 0 unspecified atom stereocenters. The van der Waals surface area contributed by atoms with Crippen LogP contribution in [0, 0.1) is 6.92 Å². The molecular weight excluding hydrogens is 251 g/mol. The lowest BCUT2D eigenvalue weighted by atomic mass is 10.4. The first kappa shape index (κ1) is 17.6. The smallest absolute Gasteiger partial charge is 0.0299 e. The minimum atomic E-state index is 0. The molecule has 2 N–H and O–H groups in total. The van der Waals surface area contributed by atoms with Gasteiger partial charge in [-0.25, -0.2) is 0 Å². The van der Waals surface area contributed by atoms with E-state index >= 15 is 0 Å². The Morgan fingerprint density at radius 1 is 1.20 bits per heavy atom. The summed E-state index contributed by atoms with van der Waals surface area (Å²) in [7, 11) is 1.99. The van der Waals surface area contributed by atoms with E-state index in [0.717, 1.165) is 19.6 Å². The van der Waals surface area contributed by atoms with Crippen LogP contribution in [-0.2, 0) is 6.54 Å². The van der Waals surface area contributed by atoms with Crippen molar-refractivity contribution in [1.29, 1.82) is 0 Å². The Bertz CT molecular complexity index is 241. The molecule has 0 aliphatic rings. The third-order valence-corrected chi connectivity index (χ3v) is 2.88. The Kier molecular flexibility index (Phi) is 12.6. The number of nitrogens with one attached hydrogen (secondary N) is 2. The van der Waals surface area contributed by atoms with Crippen molar-refractivity contribution in [2.75, 3.05) is 20.1 Å². The van der Waals surface area contributed by atoms with Gasteiger partial charge in [0.15, 0.2) is 0 Å². The lowest BCUT2D eigenvalue weighted by molar-refractivity contribution is 0.629. The molecule has 0 spiro atoms. The van der Waals surface area contributed by atoms with Crippen molar-refractivity contribution < 1.29 is 0 Å². The van der Waals surface area contributed by atoms with Crippen LogP contribution in [0.25, 0.3) is 0 Å². The Morgan fingerprint density at radius 3 is 2.47 bits per heavy atom. The molecule has 0 radical (unpaired) electrons. The van der Waals surface area contributed by atoms with Gasteiger partial charge < -0.3 is 10.6 Å². The van der Waals surface area contributed by atoms with E-state index in [1.807, 2.05) is 18.4 Å². The highest BCUT2D eigenvalue weighted by molar-refractivity contribution is 7.11. The summed E-state index contributed by atoms with van der Waals surface area (Å²) < 4.78 is 0. The molecule has 5 heteroatoms. The molecule has 15 heavy (non-hydrogen) atoms. The molecule has 1 heterocycles. The zero-order chi connectivity index (χ0) is 9.52. The summed E-state index contributed by atoms with van der Waals surface area (Å²) in [6, 6.07) is 4.38. The molecule has 1 aromatic rings. The molecule has 0 aromatic carbocycles. The normalized spacial score (nSPS) is 9.20. The Morgan fingerprint density at radius 2 is 1.93 bits per heavy atom. The Balaban J connectivity index is 0. The first-order valence-corrected chi connectivity index (χ1v) is 5.55. The second-order valence-corrected chi connectivity index (χ2v) is 4.52. The van der Waals surface area contributed by atoms with Crippen molar-refractivity contribution in [1.82, 2.24) is 10.6 Å². The van der Waals surface area contributed by atoms with Gasteiger partial charge in [-0.3, -0.25) is 0 Å². The molecule has 1 aromatic heterocycles. The average Bonchev–Trinajstić information content (AvgIpc) is 2.51. The maximum Gasteiger partial charge on any atom is 0.0299 e. The van der Waals surface area contributed by atoms with E-state index in [9.17, 15) is 0 Å². The molecule has 0 bridgehead atoms.